The van der Waals surface area contributed by atoms with Crippen molar-refractivity contribution in [1.82, 2.24) is 20.3 Å². The topological polar surface area (TPSA) is 105 Å². The predicted molar refractivity (Wildman–Crippen MR) is 138 cm³/mol. The average Bonchev–Trinajstić information content (AvgIpc) is 2.91. The number of fused-ring (bicyclic) bond motifs is 2. The van der Waals surface area contributed by atoms with Crippen LogP contribution in [0.5, 0.6) is 0 Å². The molecule has 0 radical (unpaired) electrons. The van der Waals surface area contributed by atoms with Gasteiger partial charge >= 0.3 is 5.97 Å². The van der Waals surface area contributed by atoms with Gasteiger partial charge in [-0.05, 0) is 68.4 Å². The van der Waals surface area contributed by atoms with Gasteiger partial charge in [-0.3, -0.25) is 14.6 Å². The lowest BCUT2D eigenvalue weighted by Crippen LogP contribution is -2.31. The third kappa shape index (κ3) is 5.25. The molecule has 0 unspecified atom stereocenters. The molecule has 2 heterocycles. The largest absolute Gasteiger partial charge is 0.481 e. The molecule has 0 fully saturated rings. The molecule has 2 aromatic carbocycles. The van der Waals surface area contributed by atoms with E-state index in [9.17, 15) is 9.59 Å². The van der Waals surface area contributed by atoms with E-state index in [0.29, 0.717) is 35.9 Å². The minimum Gasteiger partial charge on any atom is -0.481 e. The van der Waals surface area contributed by atoms with Crippen molar-refractivity contribution in [3.8, 4) is 11.3 Å². The van der Waals surface area contributed by atoms with Gasteiger partial charge in [0.25, 0.3) is 5.91 Å². The van der Waals surface area contributed by atoms with Gasteiger partial charge in [0.2, 0.25) is 0 Å². The van der Waals surface area contributed by atoms with Crippen molar-refractivity contribution in [1.29, 1.82) is 0 Å². The molecule has 0 spiro atoms. The fraction of sp³-hybridized carbons (Fsp3) is 0.276. The molecule has 1 aliphatic carbocycles. The average molecular weight is 481 g/mol. The second-order valence-electron chi connectivity index (χ2n) is 9.16. The van der Waals surface area contributed by atoms with E-state index in [4.69, 9.17) is 15.1 Å². The molecule has 1 atom stereocenters. The molecule has 7 heteroatoms. The van der Waals surface area contributed by atoms with Crippen LogP contribution in [0.25, 0.3) is 22.3 Å². The molecular formula is C29H28N4O3. The Morgan fingerprint density at radius 3 is 2.67 bits per heavy atom. The van der Waals surface area contributed by atoms with Crippen LogP contribution in [-0.4, -0.2) is 31.9 Å². The van der Waals surface area contributed by atoms with E-state index in [1.807, 2.05) is 42.5 Å². The summed E-state index contributed by atoms with van der Waals surface area (Å²) in [4.78, 5) is 38.4. The van der Waals surface area contributed by atoms with E-state index in [1.54, 1.807) is 18.3 Å². The van der Waals surface area contributed by atoms with Crippen molar-refractivity contribution in [3.05, 3.63) is 89.4 Å². The molecule has 7 nitrogen and oxygen atoms in total. The first-order valence-corrected chi connectivity index (χ1v) is 12.4. The van der Waals surface area contributed by atoms with Gasteiger partial charge in [-0.1, -0.05) is 36.4 Å². The van der Waals surface area contributed by atoms with E-state index >= 15 is 0 Å². The molecule has 5 rings (SSSR count). The number of carbonyl (C=O) groups is 2. The number of pyridine rings is 1. The van der Waals surface area contributed by atoms with Crippen LogP contribution in [0.2, 0.25) is 0 Å². The molecular weight excluding hydrogens is 452 g/mol. The number of rotatable bonds is 8. The Morgan fingerprint density at radius 1 is 0.972 bits per heavy atom. The lowest BCUT2D eigenvalue weighted by Gasteiger charge is -2.25. The summed E-state index contributed by atoms with van der Waals surface area (Å²) >= 11 is 0. The normalized spacial score (nSPS) is 14.8. The molecule has 4 aromatic rings. The number of hydrogen-bond donors (Lipinski definition) is 2. The summed E-state index contributed by atoms with van der Waals surface area (Å²) in [6.45, 7) is 0. The molecule has 2 N–H and O–H groups in total. The molecule has 1 amide bonds. The number of carbonyl (C=O) groups excluding carboxylic acids is 1. The lowest BCUT2D eigenvalue weighted by molar-refractivity contribution is -0.137. The Kier molecular flexibility index (Phi) is 6.98. The fourth-order valence-electron chi connectivity index (χ4n) is 4.79. The highest BCUT2D eigenvalue weighted by Crippen LogP contribution is 2.29. The summed E-state index contributed by atoms with van der Waals surface area (Å²) in [6, 6.07) is 19.2. The maximum atomic E-state index is 13.2. The van der Waals surface area contributed by atoms with Gasteiger partial charge in [-0.25, -0.2) is 9.97 Å². The standard InChI is InChI=1S/C29H28N4O3/c34-26(35)14-5-4-12-24-28(20-8-2-1-3-9-20)32-22-16-15-21(18-25(22)31-24)29(36)33-23-13-6-10-19-11-7-17-30-27(19)23/h1-3,7-9,11,15-18,23H,4-6,10,12-14H2,(H,33,36)(H,34,35)/t23-/m0/s1. The van der Waals surface area contributed by atoms with E-state index in [2.05, 4.69) is 16.4 Å². The number of unbranched alkanes of at least 4 members (excludes halogenated alkanes) is 1. The van der Waals surface area contributed by atoms with Crippen LogP contribution in [0.4, 0.5) is 0 Å². The molecule has 0 saturated heterocycles. The van der Waals surface area contributed by atoms with Crippen LogP contribution in [0.15, 0.2) is 66.9 Å². The Balaban J connectivity index is 1.42. The number of hydrogen-bond acceptors (Lipinski definition) is 5. The zero-order valence-electron chi connectivity index (χ0n) is 20.0. The second-order valence-corrected chi connectivity index (χ2v) is 9.16. The van der Waals surface area contributed by atoms with Gasteiger partial charge < -0.3 is 10.4 Å². The van der Waals surface area contributed by atoms with Crippen molar-refractivity contribution < 1.29 is 14.7 Å². The van der Waals surface area contributed by atoms with E-state index < -0.39 is 5.97 Å². The van der Waals surface area contributed by atoms with Crippen molar-refractivity contribution in [2.75, 3.05) is 0 Å². The van der Waals surface area contributed by atoms with Crippen molar-refractivity contribution in [2.45, 2.75) is 51.0 Å². The second kappa shape index (κ2) is 10.6. The Labute approximate surface area is 209 Å². The number of amides is 1. The summed E-state index contributed by atoms with van der Waals surface area (Å²) in [5.74, 6) is -0.952. The number of aryl methyl sites for hydroxylation is 2. The minimum atomic E-state index is -0.797. The first-order valence-electron chi connectivity index (χ1n) is 12.4. The summed E-state index contributed by atoms with van der Waals surface area (Å²) in [5, 5.41) is 12.1. The molecule has 0 bridgehead atoms. The van der Waals surface area contributed by atoms with Crippen LogP contribution in [0.1, 0.15) is 65.5 Å². The third-order valence-corrected chi connectivity index (χ3v) is 6.60. The van der Waals surface area contributed by atoms with Crippen molar-refractivity contribution >= 4 is 22.9 Å². The molecule has 0 saturated carbocycles. The fourth-order valence-corrected chi connectivity index (χ4v) is 4.79. The van der Waals surface area contributed by atoms with E-state index in [1.165, 1.54) is 5.56 Å². The first-order chi connectivity index (χ1) is 17.6. The van der Waals surface area contributed by atoms with Gasteiger partial charge in [0.1, 0.15) is 0 Å². The van der Waals surface area contributed by atoms with E-state index in [0.717, 1.165) is 41.9 Å². The Bertz CT molecular complexity index is 1400. The molecule has 182 valence electrons. The summed E-state index contributed by atoms with van der Waals surface area (Å²) < 4.78 is 0. The summed E-state index contributed by atoms with van der Waals surface area (Å²) in [5.41, 5.74) is 6.60. The van der Waals surface area contributed by atoms with Gasteiger partial charge in [0, 0.05) is 23.7 Å². The Morgan fingerprint density at radius 2 is 1.83 bits per heavy atom. The van der Waals surface area contributed by atoms with Gasteiger partial charge in [-0.2, -0.15) is 0 Å². The third-order valence-electron chi connectivity index (χ3n) is 6.60. The minimum absolute atomic E-state index is 0.102. The highest BCUT2D eigenvalue weighted by atomic mass is 16.4. The maximum Gasteiger partial charge on any atom is 0.303 e. The Hall–Kier alpha value is -4.13. The van der Waals surface area contributed by atoms with Crippen LogP contribution in [0.3, 0.4) is 0 Å². The summed E-state index contributed by atoms with van der Waals surface area (Å²) in [6.07, 6.45) is 6.65. The van der Waals surface area contributed by atoms with Gasteiger partial charge in [-0.15, -0.1) is 0 Å². The monoisotopic (exact) mass is 480 g/mol. The molecule has 36 heavy (non-hydrogen) atoms. The zero-order chi connectivity index (χ0) is 24.9. The number of carboxylic acids is 1. The van der Waals surface area contributed by atoms with Crippen molar-refractivity contribution in [2.24, 2.45) is 0 Å². The number of nitrogens with one attached hydrogen (secondary N) is 1. The van der Waals surface area contributed by atoms with Crippen LogP contribution in [-0.2, 0) is 17.6 Å². The summed E-state index contributed by atoms with van der Waals surface area (Å²) in [7, 11) is 0. The number of benzene rings is 2. The predicted octanol–water partition coefficient (Wildman–Crippen LogP) is 5.30. The van der Waals surface area contributed by atoms with E-state index in [-0.39, 0.29) is 18.4 Å². The smallest absolute Gasteiger partial charge is 0.303 e. The number of carboxylic acid groups (broad SMARTS) is 1. The molecule has 2 aromatic heterocycles. The van der Waals surface area contributed by atoms with Gasteiger partial charge in [0.05, 0.1) is 34.2 Å². The van der Waals surface area contributed by atoms with Crippen LogP contribution < -0.4 is 5.32 Å². The quantitative estimate of drug-likeness (QED) is 0.332. The number of aromatic nitrogens is 3. The highest BCUT2D eigenvalue weighted by Gasteiger charge is 2.23. The number of nitrogens with zero attached hydrogens (tertiary/aromatic N) is 3. The van der Waals surface area contributed by atoms with Gasteiger partial charge in [0.15, 0.2) is 0 Å². The highest BCUT2D eigenvalue weighted by molar-refractivity contribution is 5.97. The molecule has 0 aliphatic heterocycles. The molecule has 1 aliphatic rings. The lowest BCUT2D eigenvalue weighted by atomic mass is 9.91. The zero-order valence-corrected chi connectivity index (χ0v) is 20.0. The first kappa shape index (κ1) is 23.6. The van der Waals surface area contributed by atoms with Crippen LogP contribution in [0, 0.1) is 0 Å². The maximum absolute atomic E-state index is 13.2. The number of aliphatic carboxylic acids is 1. The van der Waals surface area contributed by atoms with Crippen molar-refractivity contribution in [3.63, 3.8) is 0 Å². The van der Waals surface area contributed by atoms with Crippen LogP contribution >= 0.6 is 0 Å². The SMILES string of the molecule is O=C(O)CCCCc1nc2cc(C(=O)N[C@H]3CCCc4cccnc43)ccc2nc1-c1ccccc1.